The molecule has 0 saturated carbocycles. The molecule has 0 aliphatic rings. The van der Waals surface area contributed by atoms with Crippen LogP contribution in [0.1, 0.15) is 22.4 Å². The highest BCUT2D eigenvalue weighted by atomic mass is 32.1. The van der Waals surface area contributed by atoms with E-state index in [9.17, 15) is 5.11 Å². The molecule has 0 aliphatic heterocycles. The summed E-state index contributed by atoms with van der Waals surface area (Å²) in [6.45, 7) is 4.36. The van der Waals surface area contributed by atoms with Crippen LogP contribution in [-0.2, 0) is 12.1 Å². The van der Waals surface area contributed by atoms with Crippen molar-refractivity contribution in [1.29, 1.82) is 0 Å². The lowest BCUT2D eigenvalue weighted by Crippen LogP contribution is -2.52. The number of aliphatic hydroxyl groups is 1. The second-order valence-electron chi connectivity index (χ2n) is 8.22. The summed E-state index contributed by atoms with van der Waals surface area (Å²) in [4.78, 5) is 9.66. The zero-order chi connectivity index (χ0) is 24.2. The first kappa shape index (κ1) is 23.9. The fourth-order valence-electron chi connectivity index (χ4n) is 3.73. The molecule has 0 aliphatic carbocycles. The minimum Gasteiger partial charge on any atom is -0.389 e. The summed E-state index contributed by atoms with van der Waals surface area (Å²) in [6.07, 6.45) is 1.52. The molecular weight excluding hydrogens is 423 g/mol. The fraction of sp³-hybridized carbons (Fsp3) is 0.300. The Kier molecular flexibility index (Phi) is 5.94. The number of thiophene rings is 1. The van der Waals surface area contributed by atoms with Crippen molar-refractivity contribution >= 4 is 84.7 Å². The highest BCUT2D eigenvalue weighted by Crippen LogP contribution is 2.50. The van der Waals surface area contributed by atoms with E-state index < -0.39 is 15.8 Å². The van der Waals surface area contributed by atoms with Gasteiger partial charge in [0.05, 0.1) is 68.6 Å². The van der Waals surface area contributed by atoms with Crippen LogP contribution in [0.5, 0.6) is 0 Å². The minimum atomic E-state index is -2.29. The van der Waals surface area contributed by atoms with Gasteiger partial charge in [-0.3, -0.25) is 0 Å². The molecule has 0 unspecified atom stereocenters. The van der Waals surface area contributed by atoms with E-state index in [4.69, 9.17) is 47.1 Å². The topological polar surface area (TPSA) is 83.8 Å². The molecule has 3 aromatic heterocycles. The Bertz CT molecular complexity index is 1320. The van der Waals surface area contributed by atoms with Crippen molar-refractivity contribution in [2.24, 2.45) is 0 Å². The van der Waals surface area contributed by atoms with Crippen LogP contribution >= 0.6 is 11.3 Å². The van der Waals surface area contributed by atoms with Crippen LogP contribution in [0.3, 0.4) is 0 Å². The molecule has 3 heterocycles. The Hall–Kier alpha value is -2.25. The third-order valence-electron chi connectivity index (χ3n) is 5.75. The van der Waals surface area contributed by atoms with E-state index in [1.807, 2.05) is 13.8 Å². The van der Waals surface area contributed by atoms with Gasteiger partial charge in [-0.15, -0.1) is 26.7 Å². The molecule has 0 saturated heterocycles. The lowest BCUT2D eigenvalue weighted by molar-refractivity contribution is 0.0382. The van der Waals surface area contributed by atoms with Gasteiger partial charge in [-0.1, -0.05) is 24.3 Å². The third-order valence-corrected chi connectivity index (χ3v) is 6.82. The molecule has 1 aromatic carbocycles. The van der Waals surface area contributed by atoms with E-state index >= 15 is 0 Å². The van der Waals surface area contributed by atoms with Crippen molar-refractivity contribution in [2.75, 3.05) is 5.32 Å². The van der Waals surface area contributed by atoms with Crippen molar-refractivity contribution in [3.63, 3.8) is 0 Å². The summed E-state index contributed by atoms with van der Waals surface area (Å²) in [5.41, 5.74) is 1.50. The summed E-state index contributed by atoms with van der Waals surface area (Å²) in [6, 6.07) is 6.62. The maximum absolute atomic E-state index is 11.0. The standard InChI is InChI=1S/C20H15B6N5OS/c1-9-10(2)30-31-17-13(9)14-15(33-17)16(29-8-28-14)27-7-11-3-5-12(6-4-11)18(32,19(21,22)23)20(24,25)26/h3-6,8,32H,7H2,1-2H3,(H,27,28,29). The number of nitrogens with one attached hydrogen (secondary N) is 1. The Morgan fingerprint density at radius 2 is 1.58 bits per heavy atom. The van der Waals surface area contributed by atoms with Crippen LogP contribution in [0.4, 0.5) is 5.82 Å². The number of aryl methyl sites for hydroxylation is 2. The van der Waals surface area contributed by atoms with E-state index in [1.165, 1.54) is 17.7 Å². The van der Waals surface area contributed by atoms with Crippen LogP contribution in [-0.4, -0.2) is 72.3 Å². The Balaban J connectivity index is 1.62. The first-order valence-electron chi connectivity index (χ1n) is 10.0. The summed E-state index contributed by atoms with van der Waals surface area (Å²) >= 11 is 1.48. The van der Waals surface area contributed by atoms with E-state index in [-0.39, 0.29) is 5.56 Å². The summed E-state index contributed by atoms with van der Waals surface area (Å²) in [5, 5.41) is 19.4. The zero-order valence-corrected chi connectivity index (χ0v) is 19.0. The van der Waals surface area contributed by atoms with Crippen LogP contribution < -0.4 is 5.32 Å². The zero-order valence-electron chi connectivity index (χ0n) is 18.2. The SMILES string of the molecule is [B]C([B])([B])C(O)(c1ccc(CNc2ncnc3c2sc2nnc(C)c(C)c23)cc1)C([B])([B])[B]. The number of benzene rings is 1. The molecule has 0 atom stereocenters. The number of hydrogen-bond acceptors (Lipinski definition) is 7. The molecule has 150 valence electrons. The number of rotatable bonds is 6. The number of nitrogens with zero attached hydrogens (tertiary/aromatic N) is 4. The van der Waals surface area contributed by atoms with Gasteiger partial charge in [0.2, 0.25) is 0 Å². The largest absolute Gasteiger partial charge is 0.389 e. The van der Waals surface area contributed by atoms with Gasteiger partial charge in [0, 0.05) is 11.9 Å². The maximum atomic E-state index is 11.0. The summed E-state index contributed by atoms with van der Waals surface area (Å²) in [5.74, 6) is 0.676. The molecule has 4 rings (SSSR count). The highest BCUT2D eigenvalue weighted by Gasteiger charge is 2.47. The Labute approximate surface area is 204 Å². The predicted octanol–water partition coefficient (Wildman–Crippen LogP) is 1.21. The molecular formula is C20H15B6N5OS. The molecule has 0 fully saturated rings. The summed E-state index contributed by atoms with van der Waals surface area (Å²) < 4.78 is 0.889. The normalized spacial score (nSPS) is 12.9. The van der Waals surface area contributed by atoms with Gasteiger partial charge in [0.15, 0.2) is 0 Å². The molecule has 33 heavy (non-hydrogen) atoms. The second kappa shape index (κ2) is 8.20. The van der Waals surface area contributed by atoms with Gasteiger partial charge in [-0.2, -0.15) is 5.10 Å². The van der Waals surface area contributed by atoms with Gasteiger partial charge in [-0.05, 0) is 30.5 Å². The molecule has 12 radical (unpaired) electrons. The third kappa shape index (κ3) is 3.99. The van der Waals surface area contributed by atoms with Gasteiger partial charge < -0.3 is 10.4 Å². The van der Waals surface area contributed by atoms with Crippen molar-refractivity contribution in [1.82, 2.24) is 20.2 Å². The van der Waals surface area contributed by atoms with Crippen molar-refractivity contribution in [2.45, 2.75) is 36.2 Å². The van der Waals surface area contributed by atoms with Crippen LogP contribution in [0.2, 0.25) is 10.2 Å². The molecule has 4 aromatic rings. The molecule has 13 heteroatoms. The van der Waals surface area contributed by atoms with Gasteiger partial charge in [0.1, 0.15) is 17.0 Å². The Morgan fingerprint density at radius 1 is 0.939 bits per heavy atom. The number of anilines is 1. The van der Waals surface area contributed by atoms with Crippen molar-refractivity contribution in [3.8, 4) is 0 Å². The Morgan fingerprint density at radius 3 is 2.18 bits per heavy atom. The first-order valence-corrected chi connectivity index (χ1v) is 10.8. The lowest BCUT2D eigenvalue weighted by Gasteiger charge is -2.53. The van der Waals surface area contributed by atoms with Crippen molar-refractivity contribution < 1.29 is 5.11 Å². The number of fused-ring (bicyclic) bond motifs is 3. The first-order chi connectivity index (χ1) is 15.3. The van der Waals surface area contributed by atoms with E-state index in [0.717, 1.165) is 37.3 Å². The fourth-order valence-corrected chi connectivity index (χ4v) is 4.83. The molecule has 0 amide bonds. The van der Waals surface area contributed by atoms with Gasteiger partial charge in [-0.25, -0.2) is 9.97 Å². The predicted molar refractivity (Wildman–Crippen MR) is 138 cm³/mol. The van der Waals surface area contributed by atoms with Gasteiger partial charge >= 0.3 is 0 Å². The summed E-state index contributed by atoms with van der Waals surface area (Å²) in [7, 11) is 34.4. The van der Waals surface area contributed by atoms with Crippen LogP contribution in [0.15, 0.2) is 30.6 Å². The lowest BCUT2D eigenvalue weighted by atomic mass is 9.22. The number of hydrogen-bond donors (Lipinski definition) is 2. The molecule has 0 spiro atoms. The number of aromatic nitrogens is 4. The average Bonchev–Trinajstić information content (AvgIpc) is 3.13. The maximum Gasteiger partial charge on any atom is 0.149 e. The van der Waals surface area contributed by atoms with E-state index in [1.54, 1.807) is 24.3 Å². The van der Waals surface area contributed by atoms with E-state index in [2.05, 4.69) is 25.5 Å². The average molecular weight is 438 g/mol. The molecule has 2 N–H and O–H groups in total. The smallest absolute Gasteiger partial charge is 0.149 e. The molecule has 0 bridgehead atoms. The van der Waals surface area contributed by atoms with Crippen LogP contribution in [0, 0.1) is 13.8 Å². The van der Waals surface area contributed by atoms with E-state index in [0.29, 0.717) is 12.4 Å². The van der Waals surface area contributed by atoms with Gasteiger partial charge in [0.25, 0.3) is 0 Å². The minimum absolute atomic E-state index is 0.185. The quantitative estimate of drug-likeness (QED) is 0.441. The highest BCUT2D eigenvalue weighted by molar-refractivity contribution is 7.26. The molecule has 6 nitrogen and oxygen atoms in total. The van der Waals surface area contributed by atoms with Crippen molar-refractivity contribution in [3.05, 3.63) is 53.0 Å². The van der Waals surface area contributed by atoms with Crippen LogP contribution in [0.25, 0.3) is 20.4 Å². The monoisotopic (exact) mass is 439 g/mol. The second-order valence-corrected chi connectivity index (χ2v) is 9.22.